The van der Waals surface area contributed by atoms with Crippen LogP contribution in [0.1, 0.15) is 28.2 Å². The maximum absolute atomic E-state index is 10.7. The van der Waals surface area contributed by atoms with Crippen molar-refractivity contribution in [2.24, 2.45) is 0 Å². The number of aromatic carboxylic acids is 1. The van der Waals surface area contributed by atoms with Gasteiger partial charge in [-0.2, -0.15) is 4.68 Å². The number of aromatic nitrogens is 4. The molecule has 1 N–H and O–H groups in total. The first-order chi connectivity index (χ1) is 7.61. The van der Waals surface area contributed by atoms with Gasteiger partial charge in [-0.05, 0) is 6.92 Å². The first-order valence-corrected chi connectivity index (χ1v) is 5.55. The molecule has 0 bridgehead atoms. The summed E-state index contributed by atoms with van der Waals surface area (Å²) < 4.78 is 1.59. The van der Waals surface area contributed by atoms with Gasteiger partial charge < -0.3 is 5.11 Å². The predicted octanol–water partition coefficient (Wildman–Crippen LogP) is 1.29. The van der Waals surface area contributed by atoms with E-state index in [0.717, 1.165) is 23.6 Å². The zero-order valence-electron chi connectivity index (χ0n) is 8.84. The number of thiazole rings is 1. The number of hydrogen-bond donors (Lipinski definition) is 1. The van der Waals surface area contributed by atoms with E-state index in [4.69, 9.17) is 5.11 Å². The Morgan fingerprint density at radius 2 is 2.38 bits per heavy atom. The topological polar surface area (TPSA) is 80.9 Å². The lowest BCUT2D eigenvalue weighted by Crippen LogP contribution is -2.01. The summed E-state index contributed by atoms with van der Waals surface area (Å²) >= 11 is 1.09. The monoisotopic (exact) mass is 238 g/mol. The highest BCUT2D eigenvalue weighted by Gasteiger charge is 2.14. The molecule has 0 amide bonds. The molecule has 0 saturated heterocycles. The normalized spacial score (nSPS) is 10.6. The maximum Gasteiger partial charge on any atom is 0.347 e. The van der Waals surface area contributed by atoms with E-state index < -0.39 is 5.97 Å². The van der Waals surface area contributed by atoms with Crippen LogP contribution in [0, 0.1) is 6.92 Å². The fourth-order valence-electron chi connectivity index (χ4n) is 1.30. The van der Waals surface area contributed by atoms with Gasteiger partial charge in [0.25, 0.3) is 0 Å². The molecule has 0 unspecified atom stereocenters. The van der Waals surface area contributed by atoms with Gasteiger partial charge in [0.05, 0.1) is 6.20 Å². The Kier molecular flexibility index (Phi) is 2.69. The van der Waals surface area contributed by atoms with Crippen LogP contribution in [0.4, 0.5) is 0 Å². The van der Waals surface area contributed by atoms with Crippen molar-refractivity contribution in [3.8, 4) is 5.13 Å². The SMILES string of the molecule is CCc1nc(C)nn1-c1ncc(C(=O)O)s1. The number of carbonyl (C=O) groups is 1. The van der Waals surface area contributed by atoms with Crippen molar-refractivity contribution >= 4 is 17.3 Å². The lowest BCUT2D eigenvalue weighted by atomic mass is 10.5. The molecule has 2 aromatic rings. The minimum absolute atomic E-state index is 0.199. The van der Waals surface area contributed by atoms with Crippen molar-refractivity contribution in [2.45, 2.75) is 20.3 Å². The van der Waals surface area contributed by atoms with Gasteiger partial charge in [-0.1, -0.05) is 18.3 Å². The average Bonchev–Trinajstić information content (AvgIpc) is 2.82. The van der Waals surface area contributed by atoms with Gasteiger partial charge in [0.2, 0.25) is 5.13 Å². The molecule has 16 heavy (non-hydrogen) atoms. The van der Waals surface area contributed by atoms with E-state index in [-0.39, 0.29) is 4.88 Å². The number of hydrogen-bond acceptors (Lipinski definition) is 5. The molecule has 2 heterocycles. The van der Waals surface area contributed by atoms with E-state index in [1.807, 2.05) is 6.92 Å². The molecule has 6 nitrogen and oxygen atoms in total. The maximum atomic E-state index is 10.7. The zero-order chi connectivity index (χ0) is 11.7. The third-order valence-electron chi connectivity index (χ3n) is 1.98. The quantitative estimate of drug-likeness (QED) is 0.871. The molecule has 0 saturated carbocycles. The van der Waals surface area contributed by atoms with E-state index in [1.165, 1.54) is 6.20 Å². The Balaban J connectivity index is 2.45. The average molecular weight is 238 g/mol. The third kappa shape index (κ3) is 1.81. The van der Waals surface area contributed by atoms with E-state index in [1.54, 1.807) is 11.6 Å². The highest BCUT2D eigenvalue weighted by atomic mass is 32.1. The molecular formula is C9H10N4O2S. The van der Waals surface area contributed by atoms with Gasteiger partial charge in [-0.3, -0.25) is 0 Å². The first-order valence-electron chi connectivity index (χ1n) is 4.74. The highest BCUT2D eigenvalue weighted by molar-refractivity contribution is 7.15. The van der Waals surface area contributed by atoms with E-state index in [9.17, 15) is 4.79 Å². The second-order valence-electron chi connectivity index (χ2n) is 3.15. The summed E-state index contributed by atoms with van der Waals surface area (Å²) in [7, 11) is 0. The second-order valence-corrected chi connectivity index (χ2v) is 4.16. The van der Waals surface area contributed by atoms with Crippen LogP contribution in [0.5, 0.6) is 0 Å². The highest BCUT2D eigenvalue weighted by Crippen LogP contribution is 2.18. The fourth-order valence-corrected chi connectivity index (χ4v) is 2.03. The number of aryl methyl sites for hydroxylation is 2. The summed E-state index contributed by atoms with van der Waals surface area (Å²) in [5.41, 5.74) is 0. The standard InChI is InChI=1S/C9H10N4O2S/c1-3-7-11-5(2)12-13(7)9-10-4-6(16-9)8(14)15/h4H,3H2,1-2H3,(H,14,15). The molecule has 0 aliphatic heterocycles. The smallest absolute Gasteiger partial charge is 0.347 e. The van der Waals surface area contributed by atoms with Gasteiger partial charge in [0, 0.05) is 6.42 Å². The van der Waals surface area contributed by atoms with Crippen LogP contribution >= 0.6 is 11.3 Å². The molecule has 84 valence electrons. The van der Waals surface area contributed by atoms with Gasteiger partial charge in [-0.15, -0.1) is 5.10 Å². The largest absolute Gasteiger partial charge is 0.477 e. The van der Waals surface area contributed by atoms with Crippen molar-refractivity contribution in [2.75, 3.05) is 0 Å². The predicted molar refractivity (Wildman–Crippen MR) is 58.1 cm³/mol. The minimum Gasteiger partial charge on any atom is -0.477 e. The molecule has 0 atom stereocenters. The number of nitrogens with zero attached hydrogens (tertiary/aromatic N) is 4. The molecular weight excluding hydrogens is 228 g/mol. The van der Waals surface area contributed by atoms with E-state index >= 15 is 0 Å². The third-order valence-corrected chi connectivity index (χ3v) is 2.94. The van der Waals surface area contributed by atoms with Crippen LogP contribution < -0.4 is 0 Å². The molecule has 0 aromatic carbocycles. The van der Waals surface area contributed by atoms with Crippen molar-refractivity contribution in [3.05, 3.63) is 22.7 Å². The Labute approximate surface area is 95.6 Å². The zero-order valence-corrected chi connectivity index (χ0v) is 9.65. The van der Waals surface area contributed by atoms with Crippen LogP contribution in [0.15, 0.2) is 6.20 Å². The fraction of sp³-hybridized carbons (Fsp3) is 0.333. The summed E-state index contributed by atoms with van der Waals surface area (Å²) in [4.78, 5) is 19.2. The number of carboxylic acid groups (broad SMARTS) is 1. The molecule has 7 heteroatoms. The lowest BCUT2D eigenvalue weighted by Gasteiger charge is -1.97. The Morgan fingerprint density at radius 1 is 1.62 bits per heavy atom. The van der Waals surface area contributed by atoms with Crippen LogP contribution in [0.3, 0.4) is 0 Å². The van der Waals surface area contributed by atoms with Crippen molar-refractivity contribution in [1.29, 1.82) is 0 Å². The molecule has 0 aliphatic carbocycles. The van der Waals surface area contributed by atoms with Crippen LogP contribution in [0.2, 0.25) is 0 Å². The van der Waals surface area contributed by atoms with E-state index in [0.29, 0.717) is 11.0 Å². The van der Waals surface area contributed by atoms with Gasteiger partial charge in [0.1, 0.15) is 16.5 Å². The summed E-state index contributed by atoms with van der Waals surface area (Å²) in [6, 6.07) is 0. The molecule has 2 aromatic heterocycles. The minimum atomic E-state index is -0.973. The molecule has 0 fully saturated rings. The molecule has 0 radical (unpaired) electrons. The number of rotatable bonds is 3. The Bertz CT molecular complexity index is 531. The summed E-state index contributed by atoms with van der Waals surface area (Å²) in [5.74, 6) is 0.464. The first kappa shape index (κ1) is 10.7. The molecule has 0 aliphatic rings. The van der Waals surface area contributed by atoms with Gasteiger partial charge >= 0.3 is 5.97 Å². The summed E-state index contributed by atoms with van der Waals surface area (Å²) in [6.45, 7) is 3.76. The summed E-state index contributed by atoms with van der Waals surface area (Å²) in [5, 5.41) is 13.5. The van der Waals surface area contributed by atoms with Crippen molar-refractivity contribution in [1.82, 2.24) is 19.7 Å². The van der Waals surface area contributed by atoms with Crippen LogP contribution in [-0.2, 0) is 6.42 Å². The second kappa shape index (κ2) is 4.01. The van der Waals surface area contributed by atoms with Crippen molar-refractivity contribution < 1.29 is 9.90 Å². The lowest BCUT2D eigenvalue weighted by molar-refractivity contribution is 0.0702. The Hall–Kier alpha value is -1.76. The molecule has 0 spiro atoms. The summed E-state index contributed by atoms with van der Waals surface area (Å²) in [6.07, 6.45) is 2.06. The van der Waals surface area contributed by atoms with E-state index in [2.05, 4.69) is 15.1 Å². The van der Waals surface area contributed by atoms with Crippen LogP contribution in [0.25, 0.3) is 5.13 Å². The Morgan fingerprint density at radius 3 is 2.94 bits per heavy atom. The van der Waals surface area contributed by atoms with Crippen molar-refractivity contribution in [3.63, 3.8) is 0 Å². The van der Waals surface area contributed by atoms with Crippen LogP contribution in [-0.4, -0.2) is 30.8 Å². The van der Waals surface area contributed by atoms with Gasteiger partial charge in [0.15, 0.2) is 0 Å². The van der Waals surface area contributed by atoms with Gasteiger partial charge in [-0.25, -0.2) is 14.8 Å². The number of carboxylic acids is 1. The molecule has 2 rings (SSSR count).